The average molecular weight is 476 g/mol. The third-order valence-electron chi connectivity index (χ3n) is 4.78. The van der Waals surface area contributed by atoms with Gasteiger partial charge in [0.05, 0.1) is 17.1 Å². The minimum atomic E-state index is -3.62. The van der Waals surface area contributed by atoms with Crippen molar-refractivity contribution in [1.29, 1.82) is 0 Å². The van der Waals surface area contributed by atoms with Crippen LogP contribution in [0.15, 0.2) is 53.4 Å². The van der Waals surface area contributed by atoms with Crippen molar-refractivity contribution in [2.45, 2.75) is 24.7 Å². The summed E-state index contributed by atoms with van der Waals surface area (Å²) in [6.07, 6.45) is 0.988. The molecule has 1 aliphatic heterocycles. The van der Waals surface area contributed by atoms with Gasteiger partial charge in [-0.1, -0.05) is 12.1 Å². The van der Waals surface area contributed by atoms with E-state index in [9.17, 15) is 22.8 Å². The molecule has 11 heteroatoms. The highest BCUT2D eigenvalue weighted by molar-refractivity contribution is 7.89. The van der Waals surface area contributed by atoms with Crippen LogP contribution >= 0.6 is 0 Å². The van der Waals surface area contributed by atoms with Gasteiger partial charge in [-0.3, -0.25) is 10.1 Å². The van der Waals surface area contributed by atoms with Gasteiger partial charge in [0.25, 0.3) is 5.91 Å². The molecule has 2 aromatic rings. The van der Waals surface area contributed by atoms with E-state index in [1.807, 2.05) is 0 Å². The fourth-order valence-corrected chi connectivity index (χ4v) is 4.80. The molecule has 0 unspecified atom stereocenters. The van der Waals surface area contributed by atoms with Gasteiger partial charge in [-0.2, -0.15) is 4.31 Å². The molecule has 1 heterocycles. The maximum Gasteiger partial charge on any atom is 0.411 e. The van der Waals surface area contributed by atoms with E-state index in [-0.39, 0.29) is 22.8 Å². The number of nitrogens with one attached hydrogen (secondary N) is 2. The molecule has 0 atom stereocenters. The molecule has 1 fully saturated rings. The number of hydrogen-bond acceptors (Lipinski definition) is 7. The van der Waals surface area contributed by atoms with Gasteiger partial charge < -0.3 is 14.8 Å². The van der Waals surface area contributed by atoms with Crippen LogP contribution in [0.2, 0.25) is 0 Å². The third-order valence-corrected chi connectivity index (χ3v) is 6.67. The Morgan fingerprint density at radius 3 is 2.30 bits per heavy atom. The number of carbonyl (C=O) groups is 3. The van der Waals surface area contributed by atoms with Crippen molar-refractivity contribution in [3.05, 3.63) is 54.1 Å². The van der Waals surface area contributed by atoms with E-state index in [1.165, 1.54) is 34.6 Å². The smallest absolute Gasteiger partial charge is 0.411 e. The van der Waals surface area contributed by atoms with Crippen molar-refractivity contribution in [1.82, 2.24) is 4.31 Å². The largest absolute Gasteiger partial charge is 0.452 e. The van der Waals surface area contributed by atoms with E-state index in [4.69, 9.17) is 9.47 Å². The summed E-state index contributed by atoms with van der Waals surface area (Å²) in [6.45, 7) is 2.26. The van der Waals surface area contributed by atoms with E-state index in [0.717, 1.165) is 12.8 Å². The molecule has 0 bridgehead atoms. The van der Waals surface area contributed by atoms with Gasteiger partial charge in [0.15, 0.2) is 6.61 Å². The first-order chi connectivity index (χ1) is 15.8. The summed E-state index contributed by atoms with van der Waals surface area (Å²) in [5, 5.41) is 5.00. The van der Waals surface area contributed by atoms with E-state index in [2.05, 4.69) is 10.6 Å². The zero-order valence-corrected chi connectivity index (χ0v) is 18.9. The molecule has 0 aliphatic carbocycles. The van der Waals surface area contributed by atoms with E-state index in [1.54, 1.807) is 25.1 Å². The highest BCUT2D eigenvalue weighted by Gasteiger charge is 2.27. The van der Waals surface area contributed by atoms with Crippen LogP contribution in [-0.2, 0) is 24.3 Å². The first-order valence-electron chi connectivity index (χ1n) is 10.4. The molecule has 0 radical (unpaired) electrons. The van der Waals surface area contributed by atoms with Crippen molar-refractivity contribution < 1.29 is 32.3 Å². The summed E-state index contributed by atoms with van der Waals surface area (Å²) in [5.74, 6) is -1.39. The molecule has 0 aromatic heterocycles. The number of hydrogen-bond donors (Lipinski definition) is 2. The highest BCUT2D eigenvalue weighted by Crippen LogP contribution is 2.23. The quantitative estimate of drug-likeness (QED) is 0.561. The number of anilines is 2. The molecule has 2 amide bonds. The number of ether oxygens (including phenoxy) is 2. The van der Waals surface area contributed by atoms with Gasteiger partial charge in [0, 0.05) is 24.5 Å². The van der Waals surface area contributed by atoms with E-state index < -0.39 is 34.6 Å². The predicted octanol–water partition coefficient (Wildman–Crippen LogP) is 2.84. The molecule has 10 nitrogen and oxygen atoms in total. The van der Waals surface area contributed by atoms with Crippen molar-refractivity contribution in [2.75, 3.05) is 36.9 Å². The number of esters is 1. The van der Waals surface area contributed by atoms with Gasteiger partial charge in [-0.15, -0.1) is 0 Å². The normalized spacial score (nSPS) is 13.8. The summed E-state index contributed by atoms with van der Waals surface area (Å²) in [6, 6.07) is 11.9. The Bertz CT molecular complexity index is 1130. The Morgan fingerprint density at radius 1 is 0.939 bits per heavy atom. The molecule has 33 heavy (non-hydrogen) atoms. The summed E-state index contributed by atoms with van der Waals surface area (Å²) in [5.41, 5.74) is 0.746. The van der Waals surface area contributed by atoms with Crippen LogP contribution in [-0.4, -0.2) is 57.0 Å². The van der Waals surface area contributed by atoms with E-state index in [0.29, 0.717) is 18.8 Å². The SMILES string of the molecule is CCOC(=O)Nc1cccc(C(=O)OCC(=O)Nc2cccc(S(=O)(=O)N3CCCC3)c2)c1. The van der Waals surface area contributed by atoms with Crippen molar-refractivity contribution in [2.24, 2.45) is 0 Å². The summed E-state index contributed by atoms with van der Waals surface area (Å²) >= 11 is 0. The lowest BCUT2D eigenvalue weighted by Gasteiger charge is -2.16. The van der Waals surface area contributed by atoms with Crippen molar-refractivity contribution >= 4 is 39.4 Å². The van der Waals surface area contributed by atoms with E-state index >= 15 is 0 Å². The lowest BCUT2D eigenvalue weighted by molar-refractivity contribution is -0.119. The van der Waals surface area contributed by atoms with Crippen LogP contribution in [0.3, 0.4) is 0 Å². The fourth-order valence-electron chi connectivity index (χ4n) is 3.23. The first kappa shape index (κ1) is 24.2. The van der Waals surface area contributed by atoms with Gasteiger partial charge >= 0.3 is 12.1 Å². The monoisotopic (exact) mass is 475 g/mol. The maximum absolute atomic E-state index is 12.7. The third kappa shape index (κ3) is 6.53. The summed E-state index contributed by atoms with van der Waals surface area (Å²) in [7, 11) is -3.62. The summed E-state index contributed by atoms with van der Waals surface area (Å²) < 4.78 is 36.6. The number of carbonyl (C=O) groups excluding carboxylic acids is 3. The zero-order valence-electron chi connectivity index (χ0n) is 18.1. The molecule has 0 spiro atoms. The zero-order chi connectivity index (χ0) is 23.8. The molecule has 3 rings (SSSR count). The Morgan fingerprint density at radius 2 is 1.61 bits per heavy atom. The van der Waals surface area contributed by atoms with Crippen LogP contribution in [0.5, 0.6) is 0 Å². The molecular formula is C22H25N3O7S. The standard InChI is InChI=1S/C22H25N3O7S/c1-2-31-22(28)24-17-8-5-7-16(13-17)21(27)32-15-20(26)23-18-9-6-10-19(14-18)33(29,30)25-11-3-4-12-25/h5-10,13-14H,2-4,11-12,15H2,1H3,(H,23,26)(H,24,28). The van der Waals surface area contributed by atoms with Crippen LogP contribution in [0, 0.1) is 0 Å². The Balaban J connectivity index is 1.56. The van der Waals surface area contributed by atoms with Gasteiger partial charge in [0.2, 0.25) is 10.0 Å². The second-order valence-electron chi connectivity index (χ2n) is 7.19. The van der Waals surface area contributed by atoms with Gasteiger partial charge in [0.1, 0.15) is 0 Å². The molecule has 0 saturated carbocycles. The Kier molecular flexibility index (Phi) is 8.01. The molecular weight excluding hydrogens is 450 g/mol. The maximum atomic E-state index is 12.7. The minimum absolute atomic E-state index is 0.0881. The predicted molar refractivity (Wildman–Crippen MR) is 120 cm³/mol. The molecule has 1 aliphatic rings. The van der Waals surface area contributed by atoms with Crippen LogP contribution in [0.4, 0.5) is 16.2 Å². The Labute approximate surface area is 191 Å². The number of amides is 2. The van der Waals surface area contributed by atoms with Crippen LogP contribution in [0.1, 0.15) is 30.1 Å². The lowest BCUT2D eigenvalue weighted by Crippen LogP contribution is -2.28. The van der Waals surface area contributed by atoms with Crippen molar-refractivity contribution in [3.8, 4) is 0 Å². The van der Waals surface area contributed by atoms with Gasteiger partial charge in [-0.05, 0) is 56.2 Å². The lowest BCUT2D eigenvalue weighted by atomic mass is 10.2. The second-order valence-corrected chi connectivity index (χ2v) is 9.13. The molecule has 176 valence electrons. The van der Waals surface area contributed by atoms with Gasteiger partial charge in [-0.25, -0.2) is 18.0 Å². The molecule has 1 saturated heterocycles. The topological polar surface area (TPSA) is 131 Å². The second kappa shape index (κ2) is 10.9. The summed E-state index contributed by atoms with van der Waals surface area (Å²) in [4.78, 5) is 36.1. The van der Waals surface area contributed by atoms with Crippen LogP contribution < -0.4 is 10.6 Å². The number of nitrogens with zero attached hydrogens (tertiary/aromatic N) is 1. The number of rotatable bonds is 8. The van der Waals surface area contributed by atoms with Crippen LogP contribution in [0.25, 0.3) is 0 Å². The average Bonchev–Trinajstić information content (AvgIpc) is 3.34. The minimum Gasteiger partial charge on any atom is -0.452 e. The number of sulfonamides is 1. The Hall–Kier alpha value is -3.44. The first-order valence-corrected chi connectivity index (χ1v) is 11.8. The number of benzene rings is 2. The van der Waals surface area contributed by atoms with Crippen molar-refractivity contribution in [3.63, 3.8) is 0 Å². The molecule has 2 N–H and O–H groups in total. The molecule has 2 aromatic carbocycles. The fraction of sp³-hybridized carbons (Fsp3) is 0.318. The highest BCUT2D eigenvalue weighted by atomic mass is 32.2.